The first kappa shape index (κ1) is 12.1. The summed E-state index contributed by atoms with van der Waals surface area (Å²) in [4.78, 5) is 0. The quantitative estimate of drug-likeness (QED) is 0.918. The normalized spacial score (nSPS) is 16.5. The molecule has 0 aliphatic heterocycles. The molecular formula is C14H19N5. The van der Waals surface area contributed by atoms with E-state index in [1.54, 1.807) is 4.68 Å². The highest BCUT2D eigenvalue weighted by atomic mass is 15.6. The fourth-order valence-electron chi connectivity index (χ4n) is 2.57. The van der Waals surface area contributed by atoms with Crippen LogP contribution < -0.4 is 5.32 Å². The molecule has 0 spiro atoms. The largest absolute Gasteiger partial charge is 0.350 e. The van der Waals surface area contributed by atoms with Crippen molar-refractivity contribution in [3.05, 3.63) is 29.8 Å². The molecule has 1 aromatic carbocycles. The Bertz CT molecular complexity index is 525. The number of benzene rings is 1. The average molecular weight is 257 g/mol. The van der Waals surface area contributed by atoms with Crippen LogP contribution in [0.15, 0.2) is 24.3 Å². The molecule has 100 valence electrons. The molecule has 5 nitrogen and oxygen atoms in total. The Morgan fingerprint density at radius 1 is 1.11 bits per heavy atom. The van der Waals surface area contributed by atoms with E-state index in [0.717, 1.165) is 11.6 Å². The molecule has 0 amide bonds. The molecular weight excluding hydrogens is 238 g/mol. The number of rotatable bonds is 3. The van der Waals surface area contributed by atoms with Gasteiger partial charge in [0.25, 0.3) is 0 Å². The number of anilines is 1. The third-order valence-corrected chi connectivity index (χ3v) is 3.69. The van der Waals surface area contributed by atoms with Crippen molar-refractivity contribution in [2.75, 3.05) is 5.32 Å². The molecule has 1 saturated carbocycles. The highest BCUT2D eigenvalue weighted by molar-refractivity contribution is 5.40. The number of hydrogen-bond donors (Lipinski definition) is 1. The fraction of sp³-hybridized carbons (Fsp3) is 0.500. The van der Waals surface area contributed by atoms with Crippen LogP contribution in [-0.4, -0.2) is 26.2 Å². The first-order valence-electron chi connectivity index (χ1n) is 6.95. The van der Waals surface area contributed by atoms with Crippen molar-refractivity contribution in [2.24, 2.45) is 0 Å². The van der Waals surface area contributed by atoms with Crippen LogP contribution in [0.25, 0.3) is 5.69 Å². The maximum atomic E-state index is 4.10. The summed E-state index contributed by atoms with van der Waals surface area (Å²) in [5.74, 6) is 0.746. The summed E-state index contributed by atoms with van der Waals surface area (Å²) in [6.07, 6.45) is 6.36. The number of aromatic nitrogens is 4. The summed E-state index contributed by atoms with van der Waals surface area (Å²) in [5.41, 5.74) is 2.23. The SMILES string of the molecule is Cc1ccc(-n2nnnc2NC2CCCCC2)cc1. The molecule has 1 aliphatic rings. The Hall–Kier alpha value is -1.91. The van der Waals surface area contributed by atoms with Gasteiger partial charge in [-0.15, -0.1) is 0 Å². The molecule has 1 N–H and O–H groups in total. The van der Waals surface area contributed by atoms with Gasteiger partial charge in [-0.1, -0.05) is 42.1 Å². The lowest BCUT2D eigenvalue weighted by Gasteiger charge is -2.22. The molecule has 1 heterocycles. The first-order chi connectivity index (χ1) is 9.33. The molecule has 1 fully saturated rings. The van der Waals surface area contributed by atoms with E-state index in [-0.39, 0.29) is 0 Å². The van der Waals surface area contributed by atoms with Crippen molar-refractivity contribution < 1.29 is 0 Å². The minimum absolute atomic E-state index is 0.504. The van der Waals surface area contributed by atoms with Gasteiger partial charge in [0.05, 0.1) is 5.69 Å². The Kier molecular flexibility index (Phi) is 3.44. The van der Waals surface area contributed by atoms with Gasteiger partial charge in [0.2, 0.25) is 5.95 Å². The highest BCUT2D eigenvalue weighted by Gasteiger charge is 2.16. The van der Waals surface area contributed by atoms with Crippen LogP contribution in [0, 0.1) is 6.92 Å². The van der Waals surface area contributed by atoms with E-state index in [4.69, 9.17) is 0 Å². The summed E-state index contributed by atoms with van der Waals surface area (Å²) in [5, 5.41) is 15.4. The second-order valence-electron chi connectivity index (χ2n) is 5.23. The molecule has 0 bridgehead atoms. The van der Waals surface area contributed by atoms with Gasteiger partial charge in [0.1, 0.15) is 0 Å². The van der Waals surface area contributed by atoms with E-state index in [0.29, 0.717) is 6.04 Å². The van der Waals surface area contributed by atoms with E-state index >= 15 is 0 Å². The molecule has 0 atom stereocenters. The molecule has 19 heavy (non-hydrogen) atoms. The van der Waals surface area contributed by atoms with Crippen LogP contribution >= 0.6 is 0 Å². The van der Waals surface area contributed by atoms with Crippen molar-refractivity contribution in [1.82, 2.24) is 20.2 Å². The molecule has 1 aromatic heterocycles. The lowest BCUT2D eigenvalue weighted by molar-refractivity contribution is 0.460. The minimum atomic E-state index is 0.504. The van der Waals surface area contributed by atoms with Crippen molar-refractivity contribution in [1.29, 1.82) is 0 Å². The van der Waals surface area contributed by atoms with Crippen molar-refractivity contribution >= 4 is 5.95 Å². The van der Waals surface area contributed by atoms with Gasteiger partial charge in [-0.3, -0.25) is 0 Å². The summed E-state index contributed by atoms with van der Waals surface area (Å²) in [6.45, 7) is 2.07. The third-order valence-electron chi connectivity index (χ3n) is 3.69. The molecule has 3 rings (SSSR count). The van der Waals surface area contributed by atoms with Crippen LogP contribution in [-0.2, 0) is 0 Å². The van der Waals surface area contributed by atoms with Gasteiger partial charge in [-0.05, 0) is 42.3 Å². The zero-order valence-corrected chi connectivity index (χ0v) is 11.2. The Morgan fingerprint density at radius 3 is 2.58 bits per heavy atom. The smallest absolute Gasteiger partial charge is 0.247 e. The molecule has 0 radical (unpaired) electrons. The second-order valence-corrected chi connectivity index (χ2v) is 5.23. The minimum Gasteiger partial charge on any atom is -0.350 e. The first-order valence-corrected chi connectivity index (χ1v) is 6.95. The standard InChI is InChI=1S/C14H19N5/c1-11-7-9-13(10-8-11)19-14(16-17-18-19)15-12-5-3-2-4-6-12/h7-10,12H,2-6H2,1H3,(H,15,16,18). The van der Waals surface area contributed by atoms with Gasteiger partial charge < -0.3 is 5.32 Å². The van der Waals surface area contributed by atoms with E-state index in [1.807, 2.05) is 12.1 Å². The fourth-order valence-corrected chi connectivity index (χ4v) is 2.57. The summed E-state index contributed by atoms with van der Waals surface area (Å²) < 4.78 is 1.77. The van der Waals surface area contributed by atoms with Gasteiger partial charge in [0.15, 0.2) is 0 Å². The maximum absolute atomic E-state index is 4.10. The monoisotopic (exact) mass is 257 g/mol. The third kappa shape index (κ3) is 2.75. The summed E-state index contributed by atoms with van der Waals surface area (Å²) >= 11 is 0. The van der Waals surface area contributed by atoms with Crippen LogP contribution in [0.3, 0.4) is 0 Å². The van der Waals surface area contributed by atoms with Gasteiger partial charge in [-0.25, -0.2) is 0 Å². The molecule has 2 aromatic rings. The number of hydrogen-bond acceptors (Lipinski definition) is 4. The number of tetrazole rings is 1. The predicted molar refractivity (Wildman–Crippen MR) is 74.4 cm³/mol. The zero-order valence-electron chi connectivity index (χ0n) is 11.2. The lowest BCUT2D eigenvalue weighted by Crippen LogP contribution is -2.24. The van der Waals surface area contributed by atoms with Crippen LogP contribution in [0.5, 0.6) is 0 Å². The topological polar surface area (TPSA) is 55.6 Å². The highest BCUT2D eigenvalue weighted by Crippen LogP contribution is 2.21. The molecule has 0 unspecified atom stereocenters. The van der Waals surface area contributed by atoms with Crippen LogP contribution in [0.2, 0.25) is 0 Å². The van der Waals surface area contributed by atoms with Gasteiger partial charge in [0, 0.05) is 6.04 Å². The van der Waals surface area contributed by atoms with Gasteiger partial charge in [-0.2, -0.15) is 4.68 Å². The van der Waals surface area contributed by atoms with Crippen LogP contribution in [0.4, 0.5) is 5.95 Å². The van der Waals surface area contributed by atoms with Crippen molar-refractivity contribution in [3.63, 3.8) is 0 Å². The predicted octanol–water partition coefficient (Wildman–Crippen LogP) is 2.72. The Labute approximate surface area is 113 Å². The number of nitrogens with one attached hydrogen (secondary N) is 1. The maximum Gasteiger partial charge on any atom is 0.247 e. The van der Waals surface area contributed by atoms with E-state index in [9.17, 15) is 0 Å². The van der Waals surface area contributed by atoms with Gasteiger partial charge >= 0.3 is 0 Å². The summed E-state index contributed by atoms with van der Waals surface area (Å²) in [6, 6.07) is 8.72. The molecule has 5 heteroatoms. The molecule has 1 aliphatic carbocycles. The van der Waals surface area contributed by atoms with E-state index in [1.165, 1.54) is 37.7 Å². The van der Waals surface area contributed by atoms with Crippen molar-refractivity contribution in [3.8, 4) is 5.69 Å². The molecule has 0 saturated heterocycles. The Balaban J connectivity index is 1.79. The van der Waals surface area contributed by atoms with E-state index < -0.39 is 0 Å². The Morgan fingerprint density at radius 2 is 1.84 bits per heavy atom. The number of nitrogens with zero attached hydrogens (tertiary/aromatic N) is 4. The van der Waals surface area contributed by atoms with Crippen LogP contribution in [0.1, 0.15) is 37.7 Å². The van der Waals surface area contributed by atoms with E-state index in [2.05, 4.69) is 39.9 Å². The number of aryl methyl sites for hydroxylation is 1. The summed E-state index contributed by atoms with van der Waals surface area (Å²) in [7, 11) is 0. The lowest BCUT2D eigenvalue weighted by atomic mass is 9.96. The average Bonchev–Trinajstić information content (AvgIpc) is 2.89. The second kappa shape index (κ2) is 5.38. The zero-order chi connectivity index (χ0) is 13.1. The van der Waals surface area contributed by atoms with Crippen molar-refractivity contribution in [2.45, 2.75) is 45.1 Å².